The molecule has 0 aromatic heterocycles. The first kappa shape index (κ1) is 15.0. The zero-order valence-electron chi connectivity index (χ0n) is 11.8. The molecular formula is C16H18N2O3. The molecule has 1 aliphatic rings. The van der Waals surface area contributed by atoms with Crippen molar-refractivity contribution in [2.45, 2.75) is 38.5 Å². The lowest BCUT2D eigenvalue weighted by Crippen LogP contribution is -2.37. The van der Waals surface area contributed by atoms with Crippen LogP contribution in [0.4, 0.5) is 5.69 Å². The molecule has 1 fully saturated rings. The van der Waals surface area contributed by atoms with E-state index in [1.54, 1.807) is 24.3 Å². The molecule has 0 bridgehead atoms. The first-order chi connectivity index (χ1) is 10.1. The molecular weight excluding hydrogens is 268 g/mol. The van der Waals surface area contributed by atoms with Crippen molar-refractivity contribution in [2.24, 2.45) is 5.41 Å². The minimum Gasteiger partial charge on any atom is -0.481 e. The van der Waals surface area contributed by atoms with E-state index in [2.05, 4.69) is 5.32 Å². The third-order valence-corrected chi connectivity index (χ3v) is 4.08. The molecule has 0 radical (unpaired) electrons. The Balaban J connectivity index is 2.10. The Kier molecular flexibility index (Phi) is 4.59. The van der Waals surface area contributed by atoms with Gasteiger partial charge in [-0.15, -0.1) is 0 Å². The van der Waals surface area contributed by atoms with Crippen LogP contribution < -0.4 is 5.32 Å². The number of rotatable bonds is 4. The highest BCUT2D eigenvalue weighted by Crippen LogP contribution is 2.39. The van der Waals surface area contributed by atoms with Gasteiger partial charge in [-0.25, -0.2) is 0 Å². The molecule has 110 valence electrons. The van der Waals surface area contributed by atoms with E-state index in [1.807, 2.05) is 6.07 Å². The second kappa shape index (κ2) is 6.40. The number of anilines is 1. The molecule has 21 heavy (non-hydrogen) atoms. The third kappa shape index (κ3) is 3.40. The van der Waals surface area contributed by atoms with Crippen LogP contribution in [0.25, 0.3) is 0 Å². The Bertz CT molecular complexity index is 583. The maximum atomic E-state index is 12.2. The van der Waals surface area contributed by atoms with E-state index in [9.17, 15) is 14.7 Å². The zero-order chi connectivity index (χ0) is 15.3. The number of carbonyl (C=O) groups excluding carboxylic acids is 1. The van der Waals surface area contributed by atoms with Gasteiger partial charge in [-0.05, 0) is 25.0 Å². The number of aliphatic carboxylic acids is 1. The van der Waals surface area contributed by atoms with E-state index in [0.29, 0.717) is 24.1 Å². The topological polar surface area (TPSA) is 90.2 Å². The standard InChI is InChI=1S/C16H18N2O3/c17-11-12-6-2-3-7-13(12)18-14(19)10-16(15(20)21)8-4-1-5-9-16/h2-3,6-7H,1,4-5,8-10H2,(H,18,19)(H,20,21). The summed E-state index contributed by atoms with van der Waals surface area (Å²) >= 11 is 0. The average molecular weight is 286 g/mol. The van der Waals surface area contributed by atoms with Crippen LogP contribution in [-0.2, 0) is 9.59 Å². The number of carboxylic acids is 1. The lowest BCUT2D eigenvalue weighted by Gasteiger charge is -2.32. The zero-order valence-corrected chi connectivity index (χ0v) is 11.8. The molecule has 0 atom stereocenters. The maximum absolute atomic E-state index is 12.2. The van der Waals surface area contributed by atoms with Gasteiger partial charge in [0.2, 0.25) is 5.91 Å². The van der Waals surface area contributed by atoms with E-state index >= 15 is 0 Å². The minimum atomic E-state index is -0.954. The smallest absolute Gasteiger partial charge is 0.310 e. The van der Waals surface area contributed by atoms with E-state index in [4.69, 9.17) is 5.26 Å². The first-order valence-corrected chi connectivity index (χ1v) is 7.10. The van der Waals surface area contributed by atoms with Crippen molar-refractivity contribution in [2.75, 3.05) is 5.32 Å². The monoisotopic (exact) mass is 286 g/mol. The largest absolute Gasteiger partial charge is 0.481 e. The highest BCUT2D eigenvalue weighted by molar-refractivity contribution is 5.95. The highest BCUT2D eigenvalue weighted by atomic mass is 16.4. The normalized spacial score (nSPS) is 16.7. The summed E-state index contributed by atoms with van der Waals surface area (Å²) in [5.74, 6) is -1.24. The Labute approximate surface area is 123 Å². The molecule has 1 saturated carbocycles. The van der Waals surface area contributed by atoms with Gasteiger partial charge in [0.15, 0.2) is 0 Å². The van der Waals surface area contributed by atoms with Crippen molar-refractivity contribution in [1.29, 1.82) is 5.26 Å². The summed E-state index contributed by atoms with van der Waals surface area (Å²) in [7, 11) is 0. The number of benzene rings is 1. The molecule has 1 aliphatic carbocycles. The predicted octanol–water partition coefficient (Wildman–Crippen LogP) is 2.92. The maximum Gasteiger partial charge on any atom is 0.310 e. The van der Waals surface area contributed by atoms with Gasteiger partial charge >= 0.3 is 5.97 Å². The second-order valence-electron chi connectivity index (χ2n) is 5.53. The predicted molar refractivity (Wildman–Crippen MR) is 77.6 cm³/mol. The molecule has 0 heterocycles. The number of amides is 1. The number of nitrogens with one attached hydrogen (secondary N) is 1. The van der Waals surface area contributed by atoms with Gasteiger partial charge in [-0.1, -0.05) is 31.4 Å². The van der Waals surface area contributed by atoms with Crippen LogP contribution in [0.3, 0.4) is 0 Å². The molecule has 1 aromatic rings. The van der Waals surface area contributed by atoms with Crippen molar-refractivity contribution < 1.29 is 14.7 Å². The number of hydrogen-bond acceptors (Lipinski definition) is 3. The Morgan fingerprint density at radius 3 is 2.52 bits per heavy atom. The summed E-state index contributed by atoms with van der Waals surface area (Å²) in [5.41, 5.74) is -0.149. The number of nitrogens with zero attached hydrogens (tertiary/aromatic N) is 1. The van der Waals surface area contributed by atoms with Crippen LogP contribution >= 0.6 is 0 Å². The quantitative estimate of drug-likeness (QED) is 0.890. The lowest BCUT2D eigenvalue weighted by molar-refractivity contribution is -0.153. The Morgan fingerprint density at radius 2 is 1.90 bits per heavy atom. The minimum absolute atomic E-state index is 0.0396. The van der Waals surface area contributed by atoms with E-state index in [1.165, 1.54) is 0 Å². The molecule has 0 aliphatic heterocycles. The van der Waals surface area contributed by atoms with E-state index in [0.717, 1.165) is 19.3 Å². The van der Waals surface area contributed by atoms with Crippen molar-refractivity contribution >= 4 is 17.6 Å². The molecule has 2 rings (SSSR count). The van der Waals surface area contributed by atoms with Crippen LogP contribution in [0.2, 0.25) is 0 Å². The van der Waals surface area contributed by atoms with Crippen LogP contribution in [0, 0.1) is 16.7 Å². The summed E-state index contributed by atoms with van der Waals surface area (Å²) in [6, 6.07) is 8.71. The molecule has 0 unspecified atom stereocenters. The van der Waals surface area contributed by atoms with E-state index < -0.39 is 11.4 Å². The number of carbonyl (C=O) groups is 2. The van der Waals surface area contributed by atoms with Crippen LogP contribution in [-0.4, -0.2) is 17.0 Å². The first-order valence-electron chi connectivity index (χ1n) is 7.10. The fourth-order valence-electron chi connectivity index (χ4n) is 2.89. The summed E-state index contributed by atoms with van der Waals surface area (Å²) in [4.78, 5) is 23.7. The summed E-state index contributed by atoms with van der Waals surface area (Å²) in [5, 5.41) is 21.1. The summed E-state index contributed by atoms with van der Waals surface area (Å²) in [6.45, 7) is 0. The number of hydrogen-bond donors (Lipinski definition) is 2. The van der Waals surface area contributed by atoms with Gasteiger partial charge in [0.05, 0.1) is 16.7 Å². The van der Waals surface area contributed by atoms with E-state index in [-0.39, 0.29) is 12.3 Å². The van der Waals surface area contributed by atoms with Gasteiger partial charge in [-0.2, -0.15) is 5.26 Å². The third-order valence-electron chi connectivity index (χ3n) is 4.08. The van der Waals surface area contributed by atoms with Crippen molar-refractivity contribution in [1.82, 2.24) is 0 Å². The molecule has 0 saturated heterocycles. The molecule has 1 aromatic carbocycles. The molecule has 0 spiro atoms. The van der Waals surface area contributed by atoms with Crippen molar-refractivity contribution in [3.63, 3.8) is 0 Å². The molecule has 1 amide bonds. The van der Waals surface area contributed by atoms with Gasteiger partial charge < -0.3 is 10.4 Å². The fourth-order valence-corrected chi connectivity index (χ4v) is 2.89. The highest BCUT2D eigenvalue weighted by Gasteiger charge is 2.41. The Morgan fingerprint density at radius 1 is 1.24 bits per heavy atom. The van der Waals surface area contributed by atoms with Gasteiger partial charge in [0.25, 0.3) is 0 Å². The van der Waals surface area contributed by atoms with Gasteiger partial charge in [0.1, 0.15) is 6.07 Å². The van der Waals surface area contributed by atoms with Gasteiger partial charge in [-0.3, -0.25) is 9.59 Å². The number of para-hydroxylation sites is 1. The number of nitriles is 1. The average Bonchev–Trinajstić information content (AvgIpc) is 2.48. The molecule has 5 nitrogen and oxygen atoms in total. The summed E-state index contributed by atoms with van der Waals surface area (Å²) < 4.78 is 0. The number of carboxylic acid groups (broad SMARTS) is 1. The SMILES string of the molecule is N#Cc1ccccc1NC(=O)CC1(C(=O)O)CCCCC1. The van der Waals surface area contributed by atoms with Crippen molar-refractivity contribution in [3.8, 4) is 6.07 Å². The van der Waals surface area contributed by atoms with Crippen LogP contribution in [0.1, 0.15) is 44.1 Å². The summed E-state index contributed by atoms with van der Waals surface area (Å²) in [6.07, 6.45) is 3.74. The Hall–Kier alpha value is -2.35. The van der Waals surface area contributed by atoms with Crippen LogP contribution in [0.5, 0.6) is 0 Å². The molecule has 2 N–H and O–H groups in total. The second-order valence-corrected chi connectivity index (χ2v) is 5.53. The lowest BCUT2D eigenvalue weighted by atomic mass is 9.71. The fraction of sp³-hybridized carbons (Fsp3) is 0.438. The molecule has 5 heteroatoms. The van der Waals surface area contributed by atoms with Gasteiger partial charge in [0, 0.05) is 6.42 Å². The van der Waals surface area contributed by atoms with Crippen LogP contribution in [0.15, 0.2) is 24.3 Å². The van der Waals surface area contributed by atoms with Crippen molar-refractivity contribution in [3.05, 3.63) is 29.8 Å².